The predicted octanol–water partition coefficient (Wildman–Crippen LogP) is 2.09. The van der Waals surface area contributed by atoms with E-state index in [2.05, 4.69) is 15.1 Å². The highest BCUT2D eigenvalue weighted by Crippen LogP contribution is 2.27. The lowest BCUT2D eigenvalue weighted by atomic mass is 10.1. The molecular weight excluding hydrogens is 308 g/mol. The smallest absolute Gasteiger partial charge is 0.242 e. The third-order valence-corrected chi connectivity index (χ3v) is 5.58. The van der Waals surface area contributed by atoms with Gasteiger partial charge >= 0.3 is 0 Å². The average molecular weight is 326 g/mol. The largest absolute Gasteiger partial charge is 0.308 e. The van der Waals surface area contributed by atoms with Gasteiger partial charge < -0.3 is 5.43 Å². The van der Waals surface area contributed by atoms with Crippen LogP contribution < -0.4 is 16.0 Å². The van der Waals surface area contributed by atoms with Crippen LogP contribution in [0.4, 0.5) is 5.82 Å². The lowest BCUT2D eigenvalue weighted by Gasteiger charge is -2.14. The monoisotopic (exact) mass is 326 g/mol. The summed E-state index contributed by atoms with van der Waals surface area (Å²) in [6, 6.07) is 4.68. The van der Waals surface area contributed by atoms with E-state index in [1.54, 1.807) is 11.3 Å². The Morgan fingerprint density at radius 1 is 1.33 bits per heavy atom. The Bertz CT molecular complexity index is 723. The maximum absolute atomic E-state index is 12.3. The minimum Gasteiger partial charge on any atom is -0.308 e. The molecule has 0 aliphatic carbocycles. The van der Waals surface area contributed by atoms with Crippen LogP contribution in [0, 0.1) is 13.8 Å². The first kappa shape index (κ1) is 15.9. The Kier molecular flexibility index (Phi) is 4.62. The zero-order chi connectivity index (χ0) is 15.6. The van der Waals surface area contributed by atoms with Crippen molar-refractivity contribution in [1.82, 2.24) is 9.71 Å². The van der Waals surface area contributed by atoms with E-state index in [4.69, 9.17) is 5.84 Å². The molecule has 6 nitrogen and oxygen atoms in total. The van der Waals surface area contributed by atoms with Crippen molar-refractivity contribution >= 4 is 27.2 Å². The van der Waals surface area contributed by atoms with Crippen LogP contribution in [-0.2, 0) is 10.0 Å². The molecule has 4 N–H and O–H groups in total. The molecule has 0 amide bonds. The second kappa shape index (κ2) is 6.10. The van der Waals surface area contributed by atoms with Gasteiger partial charge in [-0.1, -0.05) is 0 Å². The Labute approximate surface area is 128 Å². The van der Waals surface area contributed by atoms with Crippen molar-refractivity contribution in [2.24, 2.45) is 5.84 Å². The lowest BCUT2D eigenvalue weighted by molar-refractivity contribution is 0.566. The molecule has 0 aliphatic heterocycles. The van der Waals surface area contributed by atoms with E-state index in [9.17, 15) is 8.42 Å². The van der Waals surface area contributed by atoms with E-state index in [0.29, 0.717) is 5.82 Å². The third-order valence-electron chi connectivity index (χ3n) is 3.07. The number of hydrogen-bond donors (Lipinski definition) is 3. The second-order valence-corrected chi connectivity index (χ2v) is 7.91. The van der Waals surface area contributed by atoms with Crippen molar-refractivity contribution in [3.05, 3.63) is 39.7 Å². The minimum atomic E-state index is -3.62. The van der Waals surface area contributed by atoms with Gasteiger partial charge in [-0.05, 0) is 44.5 Å². The fourth-order valence-corrected chi connectivity index (χ4v) is 4.26. The first-order valence-electron chi connectivity index (χ1n) is 6.35. The Morgan fingerprint density at radius 2 is 2.05 bits per heavy atom. The van der Waals surface area contributed by atoms with Crippen LogP contribution in [0.3, 0.4) is 0 Å². The molecule has 2 rings (SSSR count). The molecule has 2 aromatic heterocycles. The molecule has 0 saturated carbocycles. The Morgan fingerprint density at radius 3 is 2.52 bits per heavy atom. The van der Waals surface area contributed by atoms with Crippen LogP contribution in [0.25, 0.3) is 0 Å². The fraction of sp³-hybridized carbons (Fsp3) is 0.308. The average Bonchev–Trinajstić information content (AvgIpc) is 2.77. The Hall–Kier alpha value is -1.48. The lowest BCUT2D eigenvalue weighted by Crippen LogP contribution is -2.27. The summed E-state index contributed by atoms with van der Waals surface area (Å²) in [7, 11) is -3.62. The van der Waals surface area contributed by atoms with Crippen molar-refractivity contribution in [2.45, 2.75) is 31.7 Å². The molecule has 1 unspecified atom stereocenters. The van der Waals surface area contributed by atoms with Gasteiger partial charge in [-0.25, -0.2) is 24.0 Å². The summed E-state index contributed by atoms with van der Waals surface area (Å²) >= 11 is 1.65. The number of nitrogens with two attached hydrogens (primary N) is 1. The number of aromatic nitrogens is 1. The summed E-state index contributed by atoms with van der Waals surface area (Å²) in [5.41, 5.74) is 3.35. The van der Waals surface area contributed by atoms with E-state index in [1.807, 2.05) is 26.8 Å². The van der Waals surface area contributed by atoms with Crippen molar-refractivity contribution in [3.8, 4) is 0 Å². The molecule has 114 valence electrons. The molecule has 1 atom stereocenters. The number of sulfonamides is 1. The van der Waals surface area contributed by atoms with E-state index in [0.717, 1.165) is 15.3 Å². The van der Waals surface area contributed by atoms with Gasteiger partial charge in [-0.3, -0.25) is 0 Å². The van der Waals surface area contributed by atoms with Crippen LogP contribution in [0.2, 0.25) is 0 Å². The number of rotatable bonds is 5. The summed E-state index contributed by atoms with van der Waals surface area (Å²) < 4.78 is 27.3. The maximum atomic E-state index is 12.3. The van der Waals surface area contributed by atoms with Gasteiger partial charge in [0.25, 0.3) is 0 Å². The van der Waals surface area contributed by atoms with Crippen molar-refractivity contribution < 1.29 is 8.42 Å². The molecule has 2 aromatic rings. The van der Waals surface area contributed by atoms with Crippen LogP contribution in [0.1, 0.15) is 28.3 Å². The Balaban J connectivity index is 2.22. The van der Waals surface area contributed by atoms with Gasteiger partial charge in [0, 0.05) is 22.0 Å². The predicted molar refractivity (Wildman–Crippen MR) is 84.6 cm³/mol. The SMILES string of the molecule is Cc1cc(C(C)NS(=O)(=O)c2ccc(NN)nc2)c(C)s1. The summed E-state index contributed by atoms with van der Waals surface area (Å²) in [6.45, 7) is 5.82. The number of pyridine rings is 1. The molecule has 0 spiro atoms. The highest BCUT2D eigenvalue weighted by molar-refractivity contribution is 7.89. The number of thiophene rings is 1. The molecule has 0 fully saturated rings. The summed E-state index contributed by atoms with van der Waals surface area (Å²) in [4.78, 5) is 6.30. The molecule has 2 heterocycles. The summed E-state index contributed by atoms with van der Waals surface area (Å²) in [5, 5.41) is 0. The molecular formula is C13H18N4O2S2. The zero-order valence-corrected chi connectivity index (χ0v) is 13.7. The molecule has 0 aromatic carbocycles. The number of nitrogens with zero attached hydrogens (tertiary/aromatic N) is 1. The highest BCUT2D eigenvalue weighted by Gasteiger charge is 2.20. The molecule has 0 saturated heterocycles. The minimum absolute atomic E-state index is 0.109. The van der Waals surface area contributed by atoms with Crippen LogP contribution in [-0.4, -0.2) is 13.4 Å². The first-order chi connectivity index (χ1) is 9.83. The van der Waals surface area contributed by atoms with Gasteiger partial charge in [0.05, 0.1) is 0 Å². The van der Waals surface area contributed by atoms with Crippen LogP contribution >= 0.6 is 11.3 Å². The van der Waals surface area contributed by atoms with Gasteiger partial charge in [0.2, 0.25) is 10.0 Å². The highest BCUT2D eigenvalue weighted by atomic mass is 32.2. The summed E-state index contributed by atoms with van der Waals surface area (Å²) in [5.74, 6) is 5.62. The molecule has 21 heavy (non-hydrogen) atoms. The van der Waals surface area contributed by atoms with E-state index >= 15 is 0 Å². The number of hydrogen-bond acceptors (Lipinski definition) is 6. The number of nitrogen functional groups attached to an aromatic ring is 1. The van der Waals surface area contributed by atoms with Crippen molar-refractivity contribution in [1.29, 1.82) is 0 Å². The van der Waals surface area contributed by atoms with Gasteiger partial charge in [-0.15, -0.1) is 11.3 Å². The first-order valence-corrected chi connectivity index (χ1v) is 8.65. The van der Waals surface area contributed by atoms with E-state index in [-0.39, 0.29) is 10.9 Å². The number of anilines is 1. The zero-order valence-electron chi connectivity index (χ0n) is 12.0. The van der Waals surface area contributed by atoms with E-state index < -0.39 is 10.0 Å². The van der Waals surface area contributed by atoms with Gasteiger partial charge in [0.1, 0.15) is 10.7 Å². The van der Waals surface area contributed by atoms with Crippen molar-refractivity contribution in [2.75, 3.05) is 5.43 Å². The molecule has 8 heteroatoms. The quantitative estimate of drug-likeness (QED) is 0.577. The third kappa shape index (κ3) is 3.59. The van der Waals surface area contributed by atoms with Crippen LogP contribution in [0.15, 0.2) is 29.3 Å². The molecule has 0 bridgehead atoms. The summed E-state index contributed by atoms with van der Waals surface area (Å²) in [6.07, 6.45) is 1.27. The standard InChI is InChI=1S/C13H18N4O2S2/c1-8-6-12(10(3)20-8)9(2)17-21(18,19)11-4-5-13(16-14)15-7-11/h4-7,9,17H,14H2,1-3H3,(H,15,16). The van der Waals surface area contributed by atoms with Gasteiger partial charge in [-0.2, -0.15) is 0 Å². The molecule has 0 aliphatic rings. The molecule has 0 radical (unpaired) electrons. The number of nitrogens with one attached hydrogen (secondary N) is 2. The topological polar surface area (TPSA) is 97.1 Å². The second-order valence-electron chi connectivity index (χ2n) is 4.74. The van der Waals surface area contributed by atoms with Crippen molar-refractivity contribution in [3.63, 3.8) is 0 Å². The van der Waals surface area contributed by atoms with Crippen LogP contribution in [0.5, 0.6) is 0 Å². The van der Waals surface area contributed by atoms with Gasteiger partial charge in [0.15, 0.2) is 0 Å². The maximum Gasteiger partial charge on any atom is 0.242 e. The number of hydrazine groups is 1. The fourth-order valence-electron chi connectivity index (χ4n) is 2.07. The van der Waals surface area contributed by atoms with E-state index in [1.165, 1.54) is 18.3 Å². The number of aryl methyl sites for hydroxylation is 2. The normalized spacial score (nSPS) is 13.1.